The van der Waals surface area contributed by atoms with Gasteiger partial charge in [-0.2, -0.15) is 0 Å². The molecule has 1 heterocycles. The van der Waals surface area contributed by atoms with Crippen LogP contribution < -0.4 is 10.9 Å². The van der Waals surface area contributed by atoms with Gasteiger partial charge in [-0.3, -0.25) is 9.59 Å². The predicted molar refractivity (Wildman–Crippen MR) is 95.2 cm³/mol. The number of halogens is 5. The molecule has 154 valence electrons. The lowest BCUT2D eigenvalue weighted by Gasteiger charge is -2.40. The second kappa shape index (κ2) is 5.56. The van der Waals surface area contributed by atoms with Gasteiger partial charge in [0.2, 0.25) is 0 Å². The Morgan fingerprint density at radius 1 is 1.14 bits per heavy atom. The van der Waals surface area contributed by atoms with Gasteiger partial charge in [-0.1, -0.05) is 31.6 Å². The third-order valence-electron chi connectivity index (χ3n) is 4.40. The molecule has 0 radical (unpaired) electrons. The number of amides is 1. The van der Waals surface area contributed by atoms with Crippen molar-refractivity contribution in [2.75, 3.05) is 0 Å². The third kappa shape index (κ3) is 4.51. The van der Waals surface area contributed by atoms with Crippen LogP contribution in [0.3, 0.4) is 0 Å². The first-order valence-electron chi connectivity index (χ1n) is 8.33. The molecule has 0 aliphatic heterocycles. The topological polar surface area (TPSA) is 74.8 Å². The largest absolute Gasteiger partial charge is 0.342 e. The Hall–Kier alpha value is -2.43. The summed E-state index contributed by atoms with van der Waals surface area (Å²) < 4.78 is 64.2. The minimum absolute atomic E-state index is 0.105. The number of rotatable bonds is 5. The highest BCUT2D eigenvalue weighted by molar-refractivity contribution is 8.45. The summed E-state index contributed by atoms with van der Waals surface area (Å²) in [6.45, 7) is 2.99. The molecule has 0 unspecified atom stereocenters. The summed E-state index contributed by atoms with van der Waals surface area (Å²) in [6.07, 6.45) is 1.72. The van der Waals surface area contributed by atoms with Crippen molar-refractivity contribution < 1.29 is 24.2 Å². The Labute approximate surface area is 157 Å². The molecule has 2 N–H and O–H groups in total. The molecule has 1 aromatic heterocycles. The van der Waals surface area contributed by atoms with Gasteiger partial charge in [-0.15, -0.1) is 0 Å². The maximum Gasteiger partial charge on any atom is 0.310 e. The number of benzene rings is 1. The third-order valence-corrected chi connectivity index (χ3v) is 5.57. The van der Waals surface area contributed by atoms with Gasteiger partial charge in [-0.25, -0.2) is 4.98 Å². The molecule has 28 heavy (non-hydrogen) atoms. The summed E-state index contributed by atoms with van der Waals surface area (Å²) in [5.74, 6) is -0.182. The van der Waals surface area contributed by atoms with Gasteiger partial charge >= 0.3 is 10.2 Å². The number of hydrogen-bond donors (Lipinski definition) is 2. The Morgan fingerprint density at radius 3 is 2.21 bits per heavy atom. The lowest BCUT2D eigenvalue weighted by Crippen LogP contribution is -2.41. The van der Waals surface area contributed by atoms with Gasteiger partial charge in [0.05, 0.1) is 5.54 Å². The van der Waals surface area contributed by atoms with Crippen molar-refractivity contribution in [1.82, 2.24) is 15.3 Å². The van der Waals surface area contributed by atoms with E-state index >= 15 is 0 Å². The maximum atomic E-state index is 12.8. The SMILES string of the molecule is CC(C)(NC(=O)c1cc(=O)[nH]c(C2CC2)n1)c1ccc(S(F)(F)(F)(F)F)cc1. The molecular weight excluding hydrogens is 405 g/mol. The highest BCUT2D eigenvalue weighted by Crippen LogP contribution is 3.02. The maximum absolute atomic E-state index is 12.8. The van der Waals surface area contributed by atoms with Crippen molar-refractivity contribution in [3.63, 3.8) is 0 Å². The zero-order valence-corrected chi connectivity index (χ0v) is 15.8. The molecule has 1 fully saturated rings. The highest BCUT2D eigenvalue weighted by atomic mass is 32.5. The number of nitrogens with one attached hydrogen (secondary N) is 2. The molecule has 11 heteroatoms. The van der Waals surface area contributed by atoms with Crippen LogP contribution in [0.25, 0.3) is 0 Å². The van der Waals surface area contributed by atoms with E-state index in [-0.39, 0.29) is 17.2 Å². The average molecular weight is 423 g/mol. The molecule has 0 atom stereocenters. The van der Waals surface area contributed by atoms with E-state index in [0.29, 0.717) is 18.0 Å². The van der Waals surface area contributed by atoms with E-state index in [1.54, 1.807) is 0 Å². The van der Waals surface area contributed by atoms with Gasteiger partial charge in [-0.05, 0) is 44.4 Å². The number of hydrogen-bond acceptors (Lipinski definition) is 3. The van der Waals surface area contributed by atoms with Gasteiger partial charge in [0, 0.05) is 12.0 Å². The molecule has 1 aliphatic carbocycles. The summed E-state index contributed by atoms with van der Waals surface area (Å²) in [5.41, 5.74) is -1.63. The number of carbonyl (C=O) groups is 1. The fourth-order valence-corrected chi connectivity index (χ4v) is 3.34. The fraction of sp³-hybridized carbons (Fsp3) is 0.353. The van der Waals surface area contributed by atoms with E-state index in [1.807, 2.05) is 0 Å². The van der Waals surface area contributed by atoms with E-state index < -0.39 is 32.1 Å². The first-order valence-corrected chi connectivity index (χ1v) is 10.3. The first-order chi connectivity index (χ1) is 12.5. The Morgan fingerprint density at radius 2 is 1.71 bits per heavy atom. The van der Waals surface area contributed by atoms with E-state index in [4.69, 9.17) is 0 Å². The predicted octanol–water partition coefficient (Wildman–Crippen LogP) is 4.97. The smallest absolute Gasteiger partial charge is 0.310 e. The van der Waals surface area contributed by atoms with Crippen molar-refractivity contribution in [3.05, 3.63) is 57.8 Å². The zero-order chi connectivity index (χ0) is 21.0. The number of aromatic nitrogens is 2. The lowest BCUT2D eigenvalue weighted by molar-refractivity contribution is 0.0906. The molecule has 1 aliphatic rings. The molecule has 2 aromatic rings. The second-order valence-electron chi connectivity index (χ2n) is 7.36. The molecule has 1 saturated carbocycles. The minimum atomic E-state index is -9.76. The van der Waals surface area contributed by atoms with Crippen LogP contribution >= 0.6 is 10.2 Å². The highest BCUT2D eigenvalue weighted by Gasteiger charge is 2.65. The molecule has 0 spiro atoms. The minimum Gasteiger partial charge on any atom is -0.342 e. The molecule has 1 aromatic carbocycles. The van der Waals surface area contributed by atoms with E-state index in [0.717, 1.165) is 31.0 Å². The molecule has 3 rings (SSSR count). The Bertz CT molecular complexity index is 997. The van der Waals surface area contributed by atoms with Gasteiger partial charge in [0.1, 0.15) is 16.4 Å². The van der Waals surface area contributed by atoms with Crippen molar-refractivity contribution in [1.29, 1.82) is 0 Å². The molecule has 1 amide bonds. The summed E-state index contributed by atoms with van der Waals surface area (Å²) >= 11 is 0. The van der Waals surface area contributed by atoms with Crippen LogP contribution in [-0.2, 0) is 5.54 Å². The van der Waals surface area contributed by atoms with Gasteiger partial charge < -0.3 is 10.3 Å². The van der Waals surface area contributed by atoms with Crippen LogP contribution in [-0.4, -0.2) is 15.9 Å². The monoisotopic (exact) mass is 423 g/mol. The van der Waals surface area contributed by atoms with Gasteiger partial charge in [0.25, 0.3) is 11.5 Å². The number of nitrogens with zero attached hydrogens (tertiary/aromatic N) is 1. The summed E-state index contributed by atoms with van der Waals surface area (Å²) in [6, 6.07) is 3.38. The summed E-state index contributed by atoms with van der Waals surface area (Å²) in [4.78, 5) is 28.9. The summed E-state index contributed by atoms with van der Waals surface area (Å²) in [5, 5.41) is 2.57. The van der Waals surface area contributed by atoms with Crippen LogP contribution in [0.5, 0.6) is 0 Å². The molecule has 5 nitrogen and oxygen atoms in total. The van der Waals surface area contributed by atoms with Crippen LogP contribution in [0.4, 0.5) is 19.4 Å². The van der Waals surface area contributed by atoms with E-state index in [2.05, 4.69) is 15.3 Å². The van der Waals surface area contributed by atoms with Crippen LogP contribution in [0.1, 0.15) is 54.5 Å². The molecular formula is C17H18F5N3O2S. The fourth-order valence-electron chi connectivity index (χ4n) is 2.69. The second-order valence-corrected chi connectivity index (χ2v) is 9.77. The van der Waals surface area contributed by atoms with Crippen LogP contribution in [0.2, 0.25) is 0 Å². The number of carbonyl (C=O) groups excluding carboxylic acids is 1. The van der Waals surface area contributed by atoms with E-state index in [1.165, 1.54) is 13.8 Å². The zero-order valence-electron chi connectivity index (χ0n) is 14.9. The van der Waals surface area contributed by atoms with Crippen molar-refractivity contribution >= 4 is 16.1 Å². The van der Waals surface area contributed by atoms with Crippen molar-refractivity contribution in [2.24, 2.45) is 0 Å². The molecule has 0 bridgehead atoms. The average Bonchev–Trinajstić information content (AvgIpc) is 3.37. The van der Waals surface area contributed by atoms with Crippen molar-refractivity contribution in [2.45, 2.75) is 43.0 Å². The normalized spacial score (nSPS) is 17.5. The van der Waals surface area contributed by atoms with Crippen molar-refractivity contribution in [3.8, 4) is 0 Å². The summed E-state index contributed by atoms with van der Waals surface area (Å²) in [7, 11) is -9.76. The standard InChI is InChI=1S/C17H18F5N3O2S/c1-17(2,11-5-7-12(8-6-11)28(18,19,20,21)22)25-16(27)13-9-14(26)24-15(23-13)10-3-4-10/h5-10H,3-4H2,1-2H3,(H,25,27)(H,23,24,26). The van der Waals surface area contributed by atoms with Crippen LogP contribution in [0, 0.1) is 0 Å². The van der Waals surface area contributed by atoms with Crippen LogP contribution in [0.15, 0.2) is 40.0 Å². The van der Waals surface area contributed by atoms with E-state index in [9.17, 15) is 29.0 Å². The first kappa shape index (κ1) is 20.3. The number of aromatic amines is 1. The Balaban J connectivity index is 1.84. The van der Waals surface area contributed by atoms with Gasteiger partial charge in [0.15, 0.2) is 0 Å². The number of H-pyrrole nitrogens is 1. The Kier molecular flexibility index (Phi) is 4.03. The quantitative estimate of drug-likeness (QED) is 0.667. The lowest BCUT2D eigenvalue weighted by atomic mass is 9.94. The molecule has 0 saturated heterocycles.